The van der Waals surface area contributed by atoms with E-state index in [9.17, 15) is 0 Å². The Hall–Kier alpha value is -0.740. The van der Waals surface area contributed by atoms with Gasteiger partial charge < -0.3 is 5.11 Å². The van der Waals surface area contributed by atoms with E-state index in [0.29, 0.717) is 6.61 Å². The Bertz CT molecular complexity index is 171. The number of hydrogen-bond donors (Lipinski definition) is 1. The zero-order valence-corrected chi connectivity index (χ0v) is 8.55. The van der Waals surface area contributed by atoms with Gasteiger partial charge in [-0.05, 0) is 31.8 Å². The molecule has 0 rings (SSSR count). The highest BCUT2D eigenvalue weighted by atomic mass is 16.2. The molecule has 0 bridgehead atoms. The van der Waals surface area contributed by atoms with Crippen molar-refractivity contribution in [3.8, 4) is 11.8 Å². The molecule has 0 unspecified atom stereocenters. The summed E-state index contributed by atoms with van der Waals surface area (Å²) in [5.41, 5.74) is 0. The number of unbranched alkanes of at least 4 members (excludes halogenated alkanes) is 4. The average molecular weight is 180 g/mol. The van der Waals surface area contributed by atoms with Crippen LogP contribution < -0.4 is 0 Å². The summed E-state index contributed by atoms with van der Waals surface area (Å²) < 4.78 is 0. The van der Waals surface area contributed by atoms with Crippen LogP contribution in [0.2, 0.25) is 0 Å². The summed E-state index contributed by atoms with van der Waals surface area (Å²) in [6.07, 6.45) is 10.4. The van der Waals surface area contributed by atoms with Gasteiger partial charge in [0.15, 0.2) is 0 Å². The van der Waals surface area contributed by atoms with Gasteiger partial charge in [-0.15, -0.1) is 0 Å². The Balaban J connectivity index is 3.22. The van der Waals surface area contributed by atoms with Crippen LogP contribution in [-0.4, -0.2) is 11.7 Å². The van der Waals surface area contributed by atoms with Gasteiger partial charge >= 0.3 is 0 Å². The van der Waals surface area contributed by atoms with Crippen molar-refractivity contribution < 1.29 is 5.11 Å². The van der Waals surface area contributed by atoms with Gasteiger partial charge in [0.05, 0.1) is 0 Å². The van der Waals surface area contributed by atoms with Crippen molar-refractivity contribution in [2.75, 3.05) is 6.61 Å². The van der Waals surface area contributed by atoms with E-state index in [1.54, 1.807) is 0 Å². The second-order valence-corrected chi connectivity index (χ2v) is 3.05. The molecule has 0 aliphatic carbocycles. The van der Waals surface area contributed by atoms with Crippen molar-refractivity contribution >= 4 is 0 Å². The van der Waals surface area contributed by atoms with Crippen LogP contribution in [0.3, 0.4) is 0 Å². The molecular formula is C12H20O. The lowest BCUT2D eigenvalue weighted by molar-refractivity contribution is 0.285. The standard InChI is InChI=1S/C12H20O/c1-2-3-4-5-6-7-8-9-10-11-12-13/h7-8,13H,2-4,9-12H2,1H3/b8-7-. The van der Waals surface area contributed by atoms with Crippen LogP contribution in [0, 0.1) is 11.8 Å². The first-order valence-electron chi connectivity index (χ1n) is 5.16. The SMILES string of the molecule is CCCCC#C/C=C\CCCCO. The fraction of sp³-hybridized carbons (Fsp3) is 0.667. The number of aliphatic hydroxyl groups is 1. The monoisotopic (exact) mass is 180 g/mol. The van der Waals surface area contributed by atoms with Crippen LogP contribution in [-0.2, 0) is 0 Å². The highest BCUT2D eigenvalue weighted by Crippen LogP contribution is 1.95. The molecule has 0 saturated carbocycles. The molecule has 1 nitrogen and oxygen atoms in total. The Morgan fingerprint density at radius 1 is 1.23 bits per heavy atom. The molecule has 0 heterocycles. The van der Waals surface area contributed by atoms with E-state index in [4.69, 9.17) is 5.11 Å². The molecule has 0 fully saturated rings. The van der Waals surface area contributed by atoms with Crippen LogP contribution in [0.5, 0.6) is 0 Å². The largest absolute Gasteiger partial charge is 0.396 e. The topological polar surface area (TPSA) is 20.2 Å². The second kappa shape index (κ2) is 11.3. The lowest BCUT2D eigenvalue weighted by atomic mass is 10.2. The van der Waals surface area contributed by atoms with Gasteiger partial charge in [-0.3, -0.25) is 0 Å². The summed E-state index contributed by atoms with van der Waals surface area (Å²) >= 11 is 0. The molecule has 13 heavy (non-hydrogen) atoms. The molecule has 0 aliphatic rings. The summed E-state index contributed by atoms with van der Waals surface area (Å²) in [5, 5.41) is 8.51. The molecule has 0 aliphatic heterocycles. The van der Waals surface area contributed by atoms with E-state index < -0.39 is 0 Å². The van der Waals surface area contributed by atoms with Crippen LogP contribution in [0.15, 0.2) is 12.2 Å². The molecule has 0 amide bonds. The number of rotatable bonds is 6. The zero-order chi connectivity index (χ0) is 9.78. The van der Waals surface area contributed by atoms with Gasteiger partial charge in [0, 0.05) is 13.0 Å². The predicted molar refractivity (Wildman–Crippen MR) is 57.4 cm³/mol. The molecule has 0 atom stereocenters. The summed E-state index contributed by atoms with van der Waals surface area (Å²) in [6.45, 7) is 2.47. The van der Waals surface area contributed by atoms with Crippen molar-refractivity contribution in [3.63, 3.8) is 0 Å². The average Bonchev–Trinajstić information content (AvgIpc) is 2.16. The lowest BCUT2D eigenvalue weighted by Crippen LogP contribution is -1.79. The van der Waals surface area contributed by atoms with Crippen molar-refractivity contribution in [3.05, 3.63) is 12.2 Å². The first kappa shape index (κ1) is 12.3. The maximum atomic E-state index is 8.51. The predicted octanol–water partition coefficient (Wildman–Crippen LogP) is 2.90. The first-order valence-corrected chi connectivity index (χ1v) is 5.16. The quantitative estimate of drug-likeness (QED) is 0.492. The highest BCUT2D eigenvalue weighted by Gasteiger charge is 1.80. The molecule has 0 aromatic rings. The Morgan fingerprint density at radius 2 is 2.08 bits per heavy atom. The minimum Gasteiger partial charge on any atom is -0.396 e. The smallest absolute Gasteiger partial charge is 0.0431 e. The minimum absolute atomic E-state index is 0.302. The number of aliphatic hydroxyl groups excluding tert-OH is 1. The second-order valence-electron chi connectivity index (χ2n) is 3.05. The van der Waals surface area contributed by atoms with Crippen molar-refractivity contribution in [2.24, 2.45) is 0 Å². The van der Waals surface area contributed by atoms with Crippen LogP contribution in [0.25, 0.3) is 0 Å². The zero-order valence-electron chi connectivity index (χ0n) is 8.55. The Kier molecular flexibility index (Phi) is 10.6. The molecule has 0 aromatic heterocycles. The summed E-state index contributed by atoms with van der Waals surface area (Å²) in [4.78, 5) is 0. The molecule has 1 heteroatoms. The lowest BCUT2D eigenvalue weighted by Gasteiger charge is -1.88. The molecule has 0 aromatic carbocycles. The van der Waals surface area contributed by atoms with Gasteiger partial charge in [-0.2, -0.15) is 0 Å². The van der Waals surface area contributed by atoms with E-state index in [2.05, 4.69) is 24.8 Å². The molecular weight excluding hydrogens is 160 g/mol. The van der Waals surface area contributed by atoms with E-state index in [1.165, 1.54) is 12.8 Å². The number of hydrogen-bond acceptors (Lipinski definition) is 1. The molecule has 0 spiro atoms. The molecule has 0 saturated heterocycles. The van der Waals surface area contributed by atoms with E-state index >= 15 is 0 Å². The Labute approximate surface area is 81.9 Å². The van der Waals surface area contributed by atoms with Gasteiger partial charge in [0.25, 0.3) is 0 Å². The van der Waals surface area contributed by atoms with Crippen LogP contribution in [0.4, 0.5) is 0 Å². The van der Waals surface area contributed by atoms with Gasteiger partial charge in [-0.1, -0.05) is 31.3 Å². The van der Waals surface area contributed by atoms with Crippen LogP contribution in [0.1, 0.15) is 45.4 Å². The third kappa shape index (κ3) is 11.3. The highest BCUT2D eigenvalue weighted by molar-refractivity contribution is 5.14. The molecule has 1 N–H and O–H groups in total. The third-order valence-corrected chi connectivity index (χ3v) is 1.74. The van der Waals surface area contributed by atoms with Gasteiger partial charge in [0.2, 0.25) is 0 Å². The maximum absolute atomic E-state index is 8.51. The first-order chi connectivity index (χ1) is 6.41. The van der Waals surface area contributed by atoms with Crippen LogP contribution >= 0.6 is 0 Å². The summed E-state index contributed by atoms with van der Waals surface area (Å²) in [6, 6.07) is 0. The van der Waals surface area contributed by atoms with Gasteiger partial charge in [-0.25, -0.2) is 0 Å². The van der Waals surface area contributed by atoms with Crippen molar-refractivity contribution in [2.45, 2.75) is 45.4 Å². The minimum atomic E-state index is 0.302. The number of allylic oxidation sites excluding steroid dienone is 2. The summed E-state index contributed by atoms with van der Waals surface area (Å²) in [7, 11) is 0. The maximum Gasteiger partial charge on any atom is 0.0431 e. The fourth-order valence-corrected chi connectivity index (χ4v) is 0.913. The van der Waals surface area contributed by atoms with E-state index in [-0.39, 0.29) is 0 Å². The van der Waals surface area contributed by atoms with E-state index in [0.717, 1.165) is 25.7 Å². The molecule has 0 radical (unpaired) electrons. The molecule has 74 valence electrons. The van der Waals surface area contributed by atoms with Gasteiger partial charge in [0.1, 0.15) is 0 Å². The normalized spacial score (nSPS) is 10.0. The fourth-order valence-electron chi connectivity index (χ4n) is 0.913. The Morgan fingerprint density at radius 3 is 2.77 bits per heavy atom. The van der Waals surface area contributed by atoms with Crippen molar-refractivity contribution in [1.82, 2.24) is 0 Å². The van der Waals surface area contributed by atoms with E-state index in [1.807, 2.05) is 6.08 Å². The summed E-state index contributed by atoms with van der Waals surface area (Å²) in [5.74, 6) is 6.10. The third-order valence-electron chi connectivity index (χ3n) is 1.74. The van der Waals surface area contributed by atoms with Crippen molar-refractivity contribution in [1.29, 1.82) is 0 Å².